The van der Waals surface area contributed by atoms with Gasteiger partial charge in [-0.2, -0.15) is 0 Å². The Morgan fingerprint density at radius 1 is 1.04 bits per heavy atom. The fraction of sp³-hybridized carbons (Fsp3) is 0.400. The largest absolute Gasteiger partial charge is 0.460 e. The van der Waals surface area contributed by atoms with Gasteiger partial charge < -0.3 is 13.7 Å². The molecular formula is C20H21NO2. The van der Waals surface area contributed by atoms with E-state index < -0.39 is 0 Å². The number of nitrogens with zero attached hydrogens (tertiary/aromatic N) is 1. The van der Waals surface area contributed by atoms with E-state index in [0.29, 0.717) is 0 Å². The molecule has 2 aromatic heterocycles. The predicted octanol–water partition coefficient (Wildman–Crippen LogP) is 5.51. The topological polar surface area (TPSA) is 29.5 Å². The average molecular weight is 307 g/mol. The zero-order valence-electron chi connectivity index (χ0n) is 13.5. The first-order valence-corrected chi connectivity index (χ1v) is 8.62. The molecule has 5 rings (SSSR count). The highest BCUT2D eigenvalue weighted by molar-refractivity contribution is 5.79. The third-order valence-electron chi connectivity index (χ3n) is 5.73. The zero-order valence-corrected chi connectivity index (χ0v) is 13.5. The zero-order chi connectivity index (χ0) is 15.4. The van der Waals surface area contributed by atoms with Crippen LogP contribution in [0.2, 0.25) is 0 Å². The van der Waals surface area contributed by atoms with E-state index in [1.807, 2.05) is 6.07 Å². The fourth-order valence-corrected chi connectivity index (χ4v) is 4.64. The van der Waals surface area contributed by atoms with E-state index in [9.17, 15) is 0 Å². The van der Waals surface area contributed by atoms with Crippen molar-refractivity contribution < 1.29 is 8.83 Å². The third kappa shape index (κ3) is 1.71. The van der Waals surface area contributed by atoms with E-state index in [2.05, 4.69) is 36.1 Å². The number of rotatable bonds is 1. The van der Waals surface area contributed by atoms with E-state index in [0.717, 1.165) is 23.5 Å². The molecule has 0 unspecified atom stereocenters. The van der Waals surface area contributed by atoms with Crippen molar-refractivity contribution in [2.75, 3.05) is 4.90 Å². The first kappa shape index (κ1) is 13.3. The van der Waals surface area contributed by atoms with Gasteiger partial charge in [0.15, 0.2) is 11.2 Å². The Hall–Kier alpha value is -2.16. The Labute approximate surface area is 135 Å². The van der Waals surface area contributed by atoms with E-state index in [-0.39, 0.29) is 5.54 Å². The summed E-state index contributed by atoms with van der Waals surface area (Å²) in [4.78, 5) is 2.58. The summed E-state index contributed by atoms with van der Waals surface area (Å²) in [7, 11) is 0. The van der Waals surface area contributed by atoms with Crippen molar-refractivity contribution in [2.45, 2.75) is 51.1 Å². The van der Waals surface area contributed by atoms with Crippen molar-refractivity contribution >= 4 is 16.9 Å². The van der Waals surface area contributed by atoms with E-state index in [4.69, 9.17) is 8.83 Å². The van der Waals surface area contributed by atoms with Gasteiger partial charge in [-0.15, -0.1) is 0 Å². The minimum Gasteiger partial charge on any atom is -0.460 e. The first-order chi connectivity index (χ1) is 11.3. The SMILES string of the molecule is Cc1ccccc1N1Cc2c(oc3ccoc23)C12CCCCC2. The summed E-state index contributed by atoms with van der Waals surface area (Å²) in [5.41, 5.74) is 5.79. The van der Waals surface area contributed by atoms with Crippen molar-refractivity contribution in [3.05, 3.63) is 53.5 Å². The minimum atomic E-state index is 0.0151. The monoisotopic (exact) mass is 307 g/mol. The van der Waals surface area contributed by atoms with E-state index >= 15 is 0 Å². The van der Waals surface area contributed by atoms with Crippen LogP contribution in [0.25, 0.3) is 11.2 Å². The van der Waals surface area contributed by atoms with Crippen LogP contribution in [0.5, 0.6) is 0 Å². The Kier molecular flexibility index (Phi) is 2.70. The summed E-state index contributed by atoms with van der Waals surface area (Å²) in [5.74, 6) is 1.16. The predicted molar refractivity (Wildman–Crippen MR) is 90.6 cm³/mol. The molecule has 1 spiro atoms. The molecule has 0 saturated heterocycles. The summed E-state index contributed by atoms with van der Waals surface area (Å²) in [6, 6.07) is 10.7. The molecule has 1 aliphatic carbocycles. The third-order valence-corrected chi connectivity index (χ3v) is 5.73. The normalized spacial score (nSPS) is 19.6. The molecule has 3 nitrogen and oxygen atoms in total. The van der Waals surface area contributed by atoms with Crippen LogP contribution in [0.15, 0.2) is 45.4 Å². The maximum atomic E-state index is 6.30. The van der Waals surface area contributed by atoms with Gasteiger partial charge in [-0.05, 0) is 31.4 Å². The van der Waals surface area contributed by atoms with Crippen LogP contribution in [0.1, 0.15) is 49.0 Å². The number of fused-ring (bicyclic) bond motifs is 4. The lowest BCUT2D eigenvalue weighted by molar-refractivity contribution is 0.254. The van der Waals surface area contributed by atoms with Gasteiger partial charge in [0, 0.05) is 11.8 Å². The summed E-state index contributed by atoms with van der Waals surface area (Å²) in [6.07, 6.45) is 7.94. The number of anilines is 1. The molecule has 0 bridgehead atoms. The molecule has 0 atom stereocenters. The quantitative estimate of drug-likeness (QED) is 0.593. The standard InChI is InChI=1S/C20H21NO2/c1-14-7-3-4-8-16(14)21-13-15-18-17(9-12-22-18)23-19(15)20(21)10-5-2-6-11-20/h3-4,7-9,12H,2,5-6,10-11,13H2,1H3. The maximum Gasteiger partial charge on any atom is 0.177 e. The van der Waals surface area contributed by atoms with Gasteiger partial charge in [0.2, 0.25) is 0 Å². The Bertz CT molecular complexity index is 867. The molecule has 3 heterocycles. The van der Waals surface area contributed by atoms with E-state index in [1.54, 1.807) is 6.26 Å². The lowest BCUT2D eigenvalue weighted by atomic mass is 9.79. The maximum absolute atomic E-state index is 6.30. The van der Waals surface area contributed by atoms with Crippen LogP contribution in [-0.2, 0) is 12.1 Å². The fourth-order valence-electron chi connectivity index (χ4n) is 4.64. The summed E-state index contributed by atoms with van der Waals surface area (Å²) >= 11 is 0. The Morgan fingerprint density at radius 2 is 1.87 bits per heavy atom. The second-order valence-corrected chi connectivity index (χ2v) is 6.99. The van der Waals surface area contributed by atoms with Gasteiger partial charge in [0.05, 0.1) is 23.9 Å². The number of para-hydroxylation sites is 1. The number of furan rings is 2. The molecule has 1 aliphatic heterocycles. The molecule has 2 aliphatic rings. The number of aryl methyl sites for hydroxylation is 1. The molecule has 23 heavy (non-hydrogen) atoms. The highest BCUT2D eigenvalue weighted by Gasteiger charge is 2.50. The number of hydrogen-bond acceptors (Lipinski definition) is 3. The van der Waals surface area contributed by atoms with Crippen molar-refractivity contribution in [1.82, 2.24) is 0 Å². The molecule has 1 aromatic carbocycles. The second kappa shape index (κ2) is 4.67. The van der Waals surface area contributed by atoms with Gasteiger partial charge in [-0.25, -0.2) is 0 Å². The van der Waals surface area contributed by atoms with Crippen LogP contribution in [0, 0.1) is 6.92 Å². The average Bonchev–Trinajstić information content (AvgIpc) is 3.22. The molecule has 1 saturated carbocycles. The van der Waals surface area contributed by atoms with Crippen molar-refractivity contribution in [2.24, 2.45) is 0 Å². The van der Waals surface area contributed by atoms with Gasteiger partial charge in [0.1, 0.15) is 5.76 Å². The molecule has 0 radical (unpaired) electrons. The first-order valence-electron chi connectivity index (χ1n) is 8.62. The van der Waals surface area contributed by atoms with Crippen molar-refractivity contribution in [1.29, 1.82) is 0 Å². The smallest absolute Gasteiger partial charge is 0.177 e. The van der Waals surface area contributed by atoms with Crippen LogP contribution >= 0.6 is 0 Å². The van der Waals surface area contributed by atoms with Gasteiger partial charge in [-0.1, -0.05) is 37.5 Å². The van der Waals surface area contributed by atoms with Gasteiger partial charge in [0.25, 0.3) is 0 Å². The molecule has 118 valence electrons. The van der Waals surface area contributed by atoms with Crippen LogP contribution in [0.4, 0.5) is 5.69 Å². The van der Waals surface area contributed by atoms with E-state index in [1.165, 1.54) is 48.9 Å². The molecule has 1 fully saturated rings. The highest BCUT2D eigenvalue weighted by Crippen LogP contribution is 2.53. The van der Waals surface area contributed by atoms with Crippen LogP contribution in [0.3, 0.4) is 0 Å². The molecule has 3 heteroatoms. The number of benzene rings is 1. The lowest BCUT2D eigenvalue weighted by Gasteiger charge is -2.42. The van der Waals surface area contributed by atoms with Crippen molar-refractivity contribution in [3.8, 4) is 0 Å². The lowest BCUT2D eigenvalue weighted by Crippen LogP contribution is -2.43. The molecule has 0 amide bonds. The van der Waals surface area contributed by atoms with Gasteiger partial charge >= 0.3 is 0 Å². The summed E-state index contributed by atoms with van der Waals surface area (Å²) < 4.78 is 12.0. The minimum absolute atomic E-state index is 0.0151. The molecule has 0 N–H and O–H groups in total. The summed E-state index contributed by atoms with van der Waals surface area (Å²) in [6.45, 7) is 3.09. The molecule has 3 aromatic rings. The van der Waals surface area contributed by atoms with Gasteiger partial charge in [-0.3, -0.25) is 0 Å². The number of hydrogen-bond donors (Lipinski definition) is 0. The Balaban J connectivity index is 1.72. The Morgan fingerprint density at radius 3 is 2.70 bits per heavy atom. The van der Waals surface area contributed by atoms with Crippen LogP contribution < -0.4 is 4.90 Å². The summed E-state index contributed by atoms with van der Waals surface area (Å²) in [5, 5.41) is 0. The van der Waals surface area contributed by atoms with Crippen molar-refractivity contribution in [3.63, 3.8) is 0 Å². The highest BCUT2D eigenvalue weighted by atomic mass is 16.4. The molecular weight excluding hydrogens is 286 g/mol. The second-order valence-electron chi connectivity index (χ2n) is 6.99. The van der Waals surface area contributed by atoms with Crippen LogP contribution in [-0.4, -0.2) is 0 Å².